The Balaban J connectivity index is 0.00000225. The molecule has 0 aliphatic rings. The van der Waals surface area contributed by atoms with E-state index in [2.05, 4.69) is 18.7 Å². The number of halogens is 1. The van der Waals surface area contributed by atoms with Crippen molar-refractivity contribution in [3.05, 3.63) is 41.5 Å². The van der Waals surface area contributed by atoms with Gasteiger partial charge in [0.05, 0.1) is 7.11 Å². The second kappa shape index (κ2) is 6.56. The number of benzene rings is 1. The number of hydrogen-bond donors (Lipinski definition) is 1. The third-order valence-electron chi connectivity index (χ3n) is 2.54. The van der Waals surface area contributed by atoms with Crippen LogP contribution in [0, 0.1) is 13.8 Å². The maximum Gasteiger partial charge on any atom is 0.124 e. The van der Waals surface area contributed by atoms with Crippen molar-refractivity contribution in [2.45, 2.75) is 26.3 Å². The van der Waals surface area contributed by atoms with Gasteiger partial charge in [-0.05, 0) is 37.0 Å². The van der Waals surface area contributed by atoms with Crippen LogP contribution in [0.25, 0.3) is 0 Å². The highest BCUT2D eigenvalue weighted by atomic mass is 35.5. The summed E-state index contributed by atoms with van der Waals surface area (Å²) < 4.78 is 5.31. The molecule has 1 aromatic rings. The van der Waals surface area contributed by atoms with Gasteiger partial charge in [-0.2, -0.15) is 0 Å². The van der Waals surface area contributed by atoms with Crippen molar-refractivity contribution in [2.75, 3.05) is 7.11 Å². The molecule has 0 aromatic heterocycles. The summed E-state index contributed by atoms with van der Waals surface area (Å²) >= 11 is 0. The van der Waals surface area contributed by atoms with Crippen molar-refractivity contribution in [3.8, 4) is 5.75 Å². The molecule has 0 fully saturated rings. The SMILES string of the molecule is C=CC[C@H](N)c1cc(C)c(OC)c(C)c1.Cl. The predicted octanol–water partition coefficient (Wildman–Crippen LogP) is 3.31. The van der Waals surface area contributed by atoms with Gasteiger partial charge in [0.1, 0.15) is 5.75 Å². The van der Waals surface area contributed by atoms with E-state index in [1.165, 1.54) is 0 Å². The summed E-state index contributed by atoms with van der Waals surface area (Å²) in [6.07, 6.45) is 2.64. The smallest absolute Gasteiger partial charge is 0.124 e. The molecule has 0 aliphatic carbocycles. The van der Waals surface area contributed by atoms with E-state index < -0.39 is 0 Å². The molecule has 1 atom stereocenters. The van der Waals surface area contributed by atoms with E-state index >= 15 is 0 Å². The van der Waals surface area contributed by atoms with Crippen LogP contribution in [0.15, 0.2) is 24.8 Å². The maximum absolute atomic E-state index is 6.02. The first-order valence-electron chi connectivity index (χ1n) is 5.11. The van der Waals surface area contributed by atoms with E-state index in [4.69, 9.17) is 10.5 Å². The Morgan fingerprint density at radius 1 is 1.38 bits per heavy atom. The summed E-state index contributed by atoms with van der Waals surface area (Å²) in [6.45, 7) is 7.78. The van der Waals surface area contributed by atoms with Crippen molar-refractivity contribution in [1.82, 2.24) is 0 Å². The molecule has 0 amide bonds. The van der Waals surface area contributed by atoms with E-state index in [0.717, 1.165) is 28.9 Å². The molecule has 0 bridgehead atoms. The van der Waals surface area contributed by atoms with Gasteiger partial charge in [0.2, 0.25) is 0 Å². The van der Waals surface area contributed by atoms with Gasteiger partial charge in [-0.1, -0.05) is 18.2 Å². The number of ether oxygens (including phenoxy) is 1. The van der Waals surface area contributed by atoms with E-state index in [1.807, 2.05) is 19.9 Å². The molecule has 1 aromatic carbocycles. The van der Waals surface area contributed by atoms with E-state index in [1.54, 1.807) is 7.11 Å². The average Bonchev–Trinajstić information content (AvgIpc) is 2.17. The molecular weight excluding hydrogens is 222 g/mol. The molecule has 3 heteroatoms. The van der Waals surface area contributed by atoms with Crippen molar-refractivity contribution in [3.63, 3.8) is 0 Å². The summed E-state index contributed by atoms with van der Waals surface area (Å²) in [5, 5.41) is 0. The van der Waals surface area contributed by atoms with Crippen LogP contribution >= 0.6 is 12.4 Å². The minimum absolute atomic E-state index is 0. The molecule has 0 heterocycles. The van der Waals surface area contributed by atoms with E-state index in [-0.39, 0.29) is 18.4 Å². The normalized spacial score (nSPS) is 11.5. The second-order valence-electron chi connectivity index (χ2n) is 3.82. The Bertz CT molecular complexity index is 340. The van der Waals surface area contributed by atoms with Crippen molar-refractivity contribution < 1.29 is 4.74 Å². The van der Waals surface area contributed by atoms with Crippen LogP contribution < -0.4 is 10.5 Å². The van der Waals surface area contributed by atoms with E-state index in [0.29, 0.717) is 0 Å². The lowest BCUT2D eigenvalue weighted by Crippen LogP contribution is -2.10. The monoisotopic (exact) mass is 241 g/mol. The number of methoxy groups -OCH3 is 1. The molecular formula is C13H20ClNO. The summed E-state index contributed by atoms with van der Waals surface area (Å²) in [5.74, 6) is 0.949. The topological polar surface area (TPSA) is 35.2 Å². The van der Waals surface area contributed by atoms with Gasteiger partial charge in [-0.25, -0.2) is 0 Å². The van der Waals surface area contributed by atoms with Crippen molar-refractivity contribution in [1.29, 1.82) is 0 Å². The van der Waals surface area contributed by atoms with Gasteiger partial charge >= 0.3 is 0 Å². The van der Waals surface area contributed by atoms with Crippen LogP contribution in [0.1, 0.15) is 29.2 Å². The van der Waals surface area contributed by atoms with Gasteiger partial charge < -0.3 is 10.5 Å². The maximum atomic E-state index is 6.02. The first kappa shape index (κ1) is 15.0. The highest BCUT2D eigenvalue weighted by Crippen LogP contribution is 2.27. The van der Waals surface area contributed by atoms with Crippen molar-refractivity contribution >= 4 is 12.4 Å². The average molecular weight is 242 g/mol. The molecule has 2 nitrogen and oxygen atoms in total. The lowest BCUT2D eigenvalue weighted by atomic mass is 9.99. The third kappa shape index (κ3) is 3.26. The largest absolute Gasteiger partial charge is 0.496 e. The molecule has 16 heavy (non-hydrogen) atoms. The van der Waals surface area contributed by atoms with Gasteiger partial charge in [-0.3, -0.25) is 0 Å². The lowest BCUT2D eigenvalue weighted by molar-refractivity contribution is 0.408. The number of nitrogens with two attached hydrogens (primary N) is 1. The zero-order chi connectivity index (χ0) is 11.4. The number of hydrogen-bond acceptors (Lipinski definition) is 2. The van der Waals surface area contributed by atoms with E-state index in [9.17, 15) is 0 Å². The van der Waals surface area contributed by atoms with Gasteiger partial charge in [0, 0.05) is 6.04 Å². The van der Waals surface area contributed by atoms with Crippen LogP contribution in [0.4, 0.5) is 0 Å². The molecule has 0 saturated carbocycles. The fourth-order valence-corrected chi connectivity index (χ4v) is 1.84. The van der Waals surface area contributed by atoms with Gasteiger partial charge in [-0.15, -0.1) is 19.0 Å². The van der Waals surface area contributed by atoms with Gasteiger partial charge in [0.25, 0.3) is 0 Å². The number of aryl methyl sites for hydroxylation is 2. The highest BCUT2D eigenvalue weighted by Gasteiger charge is 2.09. The van der Waals surface area contributed by atoms with Crippen LogP contribution in [-0.2, 0) is 0 Å². The molecule has 0 unspecified atom stereocenters. The van der Waals surface area contributed by atoms with Crippen LogP contribution in [0.5, 0.6) is 5.75 Å². The van der Waals surface area contributed by atoms with Crippen LogP contribution in [0.3, 0.4) is 0 Å². The second-order valence-corrected chi connectivity index (χ2v) is 3.82. The first-order valence-corrected chi connectivity index (χ1v) is 5.11. The minimum atomic E-state index is 0. The fraction of sp³-hybridized carbons (Fsp3) is 0.385. The number of rotatable bonds is 4. The Morgan fingerprint density at radius 2 is 1.88 bits per heavy atom. The predicted molar refractivity (Wildman–Crippen MR) is 71.5 cm³/mol. The summed E-state index contributed by atoms with van der Waals surface area (Å²) in [5.41, 5.74) is 9.43. The van der Waals surface area contributed by atoms with Gasteiger partial charge in [0.15, 0.2) is 0 Å². The Kier molecular flexibility index (Phi) is 6.16. The molecule has 0 radical (unpaired) electrons. The molecule has 90 valence electrons. The third-order valence-corrected chi connectivity index (χ3v) is 2.54. The Labute approximate surface area is 104 Å². The molecule has 2 N–H and O–H groups in total. The Hall–Kier alpha value is -0.990. The Morgan fingerprint density at radius 3 is 2.25 bits per heavy atom. The summed E-state index contributed by atoms with van der Waals surface area (Å²) in [7, 11) is 1.69. The van der Waals surface area contributed by atoms with Crippen LogP contribution in [0.2, 0.25) is 0 Å². The zero-order valence-corrected chi connectivity index (χ0v) is 10.9. The minimum Gasteiger partial charge on any atom is -0.496 e. The molecule has 0 saturated heterocycles. The quantitative estimate of drug-likeness (QED) is 0.821. The lowest BCUT2D eigenvalue weighted by Gasteiger charge is -2.15. The molecule has 0 aliphatic heterocycles. The summed E-state index contributed by atoms with van der Waals surface area (Å²) in [4.78, 5) is 0. The highest BCUT2D eigenvalue weighted by molar-refractivity contribution is 5.85. The standard InChI is InChI=1S/C13H19NO.ClH/c1-5-6-12(14)11-7-9(2)13(15-4)10(3)8-11;/h5,7-8,12H,1,6,14H2,2-4H3;1H/t12-;/m0./s1. The molecule has 0 spiro atoms. The van der Waals surface area contributed by atoms with Crippen molar-refractivity contribution in [2.24, 2.45) is 5.73 Å². The fourth-order valence-electron chi connectivity index (χ4n) is 1.84. The zero-order valence-electron chi connectivity index (χ0n) is 10.1. The summed E-state index contributed by atoms with van der Waals surface area (Å²) in [6, 6.07) is 4.20. The van der Waals surface area contributed by atoms with Crippen LogP contribution in [-0.4, -0.2) is 7.11 Å². The molecule has 1 rings (SSSR count). The first-order chi connectivity index (χ1) is 7.10.